The standard InChI is InChI=1S/C24H26N6O3/c1-24(2,32)19-14-30(9-10-33-19)16-3-4-20(26-11-16)29-18-13-27-22(15-5-7-25-8-6-15)17-12-28-23(31)21(17)18/h3-8,11,13,19,32H,9-10,12,14H2,1-2H3,(H,26,29)(H,28,31)/t19-/m0/s1. The molecule has 3 aromatic heterocycles. The van der Waals surface area contributed by atoms with Gasteiger partial charge in [0.25, 0.3) is 5.91 Å². The Hall–Kier alpha value is -3.56. The molecule has 3 N–H and O–H groups in total. The summed E-state index contributed by atoms with van der Waals surface area (Å²) in [6.07, 6.45) is 6.61. The number of nitrogens with zero attached hydrogens (tertiary/aromatic N) is 4. The highest BCUT2D eigenvalue weighted by atomic mass is 16.5. The molecule has 170 valence electrons. The van der Waals surface area contributed by atoms with Crippen molar-refractivity contribution in [3.8, 4) is 11.3 Å². The van der Waals surface area contributed by atoms with Gasteiger partial charge in [0, 0.05) is 43.2 Å². The monoisotopic (exact) mass is 446 g/mol. The first kappa shape index (κ1) is 21.3. The quantitative estimate of drug-likeness (QED) is 0.548. The van der Waals surface area contributed by atoms with Crippen LogP contribution < -0.4 is 15.5 Å². The molecule has 2 aliphatic heterocycles. The SMILES string of the molecule is CC(C)(O)[C@@H]1CN(c2ccc(Nc3cnc(-c4ccncc4)c4c3C(=O)NC4)nc2)CCO1. The molecule has 1 amide bonds. The van der Waals surface area contributed by atoms with Gasteiger partial charge in [-0.05, 0) is 38.1 Å². The lowest BCUT2D eigenvalue weighted by atomic mass is 10.00. The minimum atomic E-state index is -0.913. The molecule has 1 atom stereocenters. The van der Waals surface area contributed by atoms with Crippen LogP contribution in [0.15, 0.2) is 49.1 Å². The summed E-state index contributed by atoms with van der Waals surface area (Å²) in [6.45, 7) is 5.82. The van der Waals surface area contributed by atoms with E-state index in [1.54, 1.807) is 38.6 Å². The first-order chi connectivity index (χ1) is 15.9. The largest absolute Gasteiger partial charge is 0.388 e. The van der Waals surface area contributed by atoms with Crippen LogP contribution in [-0.4, -0.2) is 57.4 Å². The van der Waals surface area contributed by atoms with Crippen LogP contribution in [0.3, 0.4) is 0 Å². The van der Waals surface area contributed by atoms with Gasteiger partial charge in [0.1, 0.15) is 11.9 Å². The number of anilines is 3. The Kier molecular flexibility index (Phi) is 5.43. The van der Waals surface area contributed by atoms with Gasteiger partial charge in [-0.3, -0.25) is 14.8 Å². The van der Waals surface area contributed by atoms with Crippen molar-refractivity contribution >= 4 is 23.1 Å². The summed E-state index contributed by atoms with van der Waals surface area (Å²) in [5, 5.41) is 16.4. The van der Waals surface area contributed by atoms with E-state index >= 15 is 0 Å². The van der Waals surface area contributed by atoms with Gasteiger partial charge in [-0.2, -0.15) is 0 Å². The molecule has 0 aliphatic carbocycles. The molecule has 3 aromatic rings. The second-order valence-electron chi connectivity index (χ2n) is 8.78. The van der Waals surface area contributed by atoms with Crippen molar-refractivity contribution in [3.63, 3.8) is 0 Å². The fourth-order valence-electron chi connectivity index (χ4n) is 4.19. The Labute approximate surface area is 191 Å². The second-order valence-corrected chi connectivity index (χ2v) is 8.78. The van der Waals surface area contributed by atoms with Crippen LogP contribution in [0.25, 0.3) is 11.3 Å². The van der Waals surface area contributed by atoms with Crippen LogP contribution in [0.5, 0.6) is 0 Å². The number of hydrogen-bond acceptors (Lipinski definition) is 8. The molecule has 0 radical (unpaired) electrons. The van der Waals surface area contributed by atoms with E-state index in [1.165, 1.54) is 0 Å². The number of aliphatic hydroxyl groups is 1. The van der Waals surface area contributed by atoms with Crippen molar-refractivity contribution in [1.82, 2.24) is 20.3 Å². The van der Waals surface area contributed by atoms with Gasteiger partial charge in [-0.1, -0.05) is 0 Å². The van der Waals surface area contributed by atoms with E-state index in [2.05, 4.69) is 30.5 Å². The number of pyridine rings is 3. The number of amides is 1. The number of ether oxygens (including phenoxy) is 1. The van der Waals surface area contributed by atoms with Crippen molar-refractivity contribution in [2.75, 3.05) is 29.9 Å². The molecule has 0 spiro atoms. The lowest BCUT2D eigenvalue weighted by Gasteiger charge is -2.39. The molecule has 5 rings (SSSR count). The summed E-state index contributed by atoms with van der Waals surface area (Å²) in [6, 6.07) is 7.61. The molecule has 1 saturated heterocycles. The highest BCUT2D eigenvalue weighted by Crippen LogP contribution is 2.33. The van der Waals surface area contributed by atoms with Crippen molar-refractivity contribution in [2.24, 2.45) is 0 Å². The number of rotatable bonds is 5. The number of fused-ring (bicyclic) bond motifs is 1. The van der Waals surface area contributed by atoms with Gasteiger partial charge in [0.05, 0.1) is 47.2 Å². The highest BCUT2D eigenvalue weighted by molar-refractivity contribution is 6.05. The minimum Gasteiger partial charge on any atom is -0.388 e. The van der Waals surface area contributed by atoms with Gasteiger partial charge >= 0.3 is 0 Å². The van der Waals surface area contributed by atoms with Gasteiger partial charge in [0.15, 0.2) is 0 Å². The van der Waals surface area contributed by atoms with E-state index in [-0.39, 0.29) is 12.0 Å². The maximum Gasteiger partial charge on any atom is 0.254 e. The minimum absolute atomic E-state index is 0.132. The maximum absolute atomic E-state index is 12.6. The first-order valence-corrected chi connectivity index (χ1v) is 10.9. The second kappa shape index (κ2) is 8.42. The van der Waals surface area contributed by atoms with E-state index < -0.39 is 5.60 Å². The predicted molar refractivity (Wildman–Crippen MR) is 124 cm³/mol. The third kappa shape index (κ3) is 4.24. The zero-order valence-corrected chi connectivity index (χ0v) is 18.6. The Morgan fingerprint density at radius 1 is 1.18 bits per heavy atom. The van der Waals surface area contributed by atoms with E-state index in [0.717, 1.165) is 29.1 Å². The van der Waals surface area contributed by atoms with Gasteiger partial charge in [-0.15, -0.1) is 0 Å². The summed E-state index contributed by atoms with van der Waals surface area (Å²) in [4.78, 5) is 28.0. The molecule has 1 fully saturated rings. The summed E-state index contributed by atoms with van der Waals surface area (Å²) < 4.78 is 5.72. The van der Waals surface area contributed by atoms with Crippen LogP contribution in [0.1, 0.15) is 29.8 Å². The lowest BCUT2D eigenvalue weighted by molar-refractivity contribution is -0.0928. The third-order valence-electron chi connectivity index (χ3n) is 6.02. The van der Waals surface area contributed by atoms with Gasteiger partial charge in [-0.25, -0.2) is 4.98 Å². The zero-order chi connectivity index (χ0) is 23.0. The summed E-state index contributed by atoms with van der Waals surface area (Å²) in [5.41, 5.74) is 3.79. The fourth-order valence-corrected chi connectivity index (χ4v) is 4.19. The number of aromatic nitrogens is 3. The van der Waals surface area contributed by atoms with E-state index in [9.17, 15) is 9.90 Å². The van der Waals surface area contributed by atoms with E-state index in [4.69, 9.17) is 4.74 Å². The van der Waals surface area contributed by atoms with Crippen molar-refractivity contribution in [1.29, 1.82) is 0 Å². The average molecular weight is 447 g/mol. The van der Waals surface area contributed by atoms with Crippen LogP contribution in [0, 0.1) is 0 Å². The zero-order valence-electron chi connectivity index (χ0n) is 18.6. The fraction of sp³-hybridized carbons (Fsp3) is 0.333. The normalized spacial score (nSPS) is 18.1. The van der Waals surface area contributed by atoms with Crippen molar-refractivity contribution < 1.29 is 14.6 Å². The number of carbonyl (C=O) groups is 1. The van der Waals surface area contributed by atoms with E-state index in [0.29, 0.717) is 36.8 Å². The highest BCUT2D eigenvalue weighted by Gasteiger charge is 2.33. The maximum atomic E-state index is 12.6. The van der Waals surface area contributed by atoms with Crippen LogP contribution in [0.4, 0.5) is 17.2 Å². The van der Waals surface area contributed by atoms with Crippen LogP contribution in [0.2, 0.25) is 0 Å². The molecule has 2 aliphatic rings. The van der Waals surface area contributed by atoms with Gasteiger partial charge < -0.3 is 25.4 Å². The summed E-state index contributed by atoms with van der Waals surface area (Å²) >= 11 is 0. The topological polar surface area (TPSA) is 112 Å². The Bertz CT molecular complexity index is 1160. The Morgan fingerprint density at radius 2 is 2.00 bits per heavy atom. The lowest BCUT2D eigenvalue weighted by Crippen LogP contribution is -2.52. The predicted octanol–water partition coefficient (Wildman–Crippen LogP) is 2.50. The molecule has 5 heterocycles. The van der Waals surface area contributed by atoms with Crippen molar-refractivity contribution in [3.05, 3.63) is 60.2 Å². The molecule has 33 heavy (non-hydrogen) atoms. The third-order valence-corrected chi connectivity index (χ3v) is 6.02. The Morgan fingerprint density at radius 3 is 2.73 bits per heavy atom. The van der Waals surface area contributed by atoms with Crippen LogP contribution in [-0.2, 0) is 11.3 Å². The van der Waals surface area contributed by atoms with Crippen LogP contribution >= 0.6 is 0 Å². The molecule has 9 heteroatoms. The Balaban J connectivity index is 1.37. The smallest absolute Gasteiger partial charge is 0.254 e. The summed E-state index contributed by atoms with van der Waals surface area (Å²) in [5.74, 6) is 0.485. The molecule has 0 bridgehead atoms. The molecular formula is C24H26N6O3. The molecule has 0 aromatic carbocycles. The van der Waals surface area contributed by atoms with Gasteiger partial charge in [0.2, 0.25) is 0 Å². The molecule has 0 unspecified atom stereocenters. The number of nitrogens with one attached hydrogen (secondary N) is 2. The molecule has 9 nitrogen and oxygen atoms in total. The van der Waals surface area contributed by atoms with E-state index in [1.807, 2.05) is 24.3 Å². The van der Waals surface area contributed by atoms with Crippen molar-refractivity contribution in [2.45, 2.75) is 32.1 Å². The number of carbonyl (C=O) groups excluding carboxylic acids is 1. The average Bonchev–Trinajstić information content (AvgIpc) is 3.22. The first-order valence-electron chi connectivity index (χ1n) is 10.9. The number of morpholine rings is 1. The molecular weight excluding hydrogens is 420 g/mol. The molecule has 0 saturated carbocycles. The summed E-state index contributed by atoms with van der Waals surface area (Å²) in [7, 11) is 0. The number of hydrogen-bond donors (Lipinski definition) is 3.